The Morgan fingerprint density at radius 3 is 2.63 bits per heavy atom. The number of aromatic nitrogens is 1. The van der Waals surface area contributed by atoms with E-state index in [1.807, 2.05) is 0 Å². The minimum Gasteiger partial charge on any atom is -0.465 e. The summed E-state index contributed by atoms with van der Waals surface area (Å²) in [6, 6.07) is 3.50. The van der Waals surface area contributed by atoms with Crippen LogP contribution in [0.25, 0.3) is 0 Å². The normalized spacial score (nSPS) is 10.1. The lowest BCUT2D eigenvalue weighted by atomic mass is 10.2. The number of carbonyl (C=O) groups is 2. The van der Waals surface area contributed by atoms with Gasteiger partial charge in [-0.05, 0) is 17.7 Å². The fraction of sp³-hybridized carbons (Fsp3) is 0.417. The van der Waals surface area contributed by atoms with Gasteiger partial charge in [0, 0.05) is 26.8 Å². The molecule has 7 heteroatoms. The molecule has 104 valence electrons. The Balaban J connectivity index is 2.78. The van der Waals surface area contributed by atoms with Gasteiger partial charge in [0.05, 0.1) is 12.2 Å². The Labute approximate surface area is 111 Å². The Hall–Kier alpha value is -2.15. The van der Waals surface area contributed by atoms with Crippen LogP contribution in [0.1, 0.15) is 11.3 Å². The van der Waals surface area contributed by atoms with Crippen LogP contribution in [-0.4, -0.2) is 52.5 Å². The van der Waals surface area contributed by atoms with Gasteiger partial charge in [-0.15, -0.1) is 0 Å². The molecule has 19 heavy (non-hydrogen) atoms. The molecule has 2 amide bonds. The molecule has 0 saturated heterocycles. The van der Waals surface area contributed by atoms with Gasteiger partial charge in [0.15, 0.2) is 0 Å². The largest absolute Gasteiger partial charge is 0.465 e. The van der Waals surface area contributed by atoms with Crippen LogP contribution in [0.4, 0.5) is 4.79 Å². The number of hydrogen-bond acceptors (Lipinski definition) is 4. The Morgan fingerprint density at radius 1 is 1.42 bits per heavy atom. The molecule has 0 spiro atoms. The van der Waals surface area contributed by atoms with Crippen molar-refractivity contribution in [1.29, 1.82) is 0 Å². The van der Waals surface area contributed by atoms with Crippen molar-refractivity contribution in [2.75, 3.05) is 20.6 Å². The molecule has 1 aromatic heterocycles. The van der Waals surface area contributed by atoms with E-state index in [2.05, 4.69) is 4.98 Å². The molecular formula is C12H18N4O3. The van der Waals surface area contributed by atoms with Crippen molar-refractivity contribution in [3.8, 4) is 0 Å². The van der Waals surface area contributed by atoms with Crippen LogP contribution in [-0.2, 0) is 17.9 Å². The zero-order chi connectivity index (χ0) is 14.4. The summed E-state index contributed by atoms with van der Waals surface area (Å²) in [5, 5.41) is 9.09. The molecule has 0 aliphatic heterocycles. The van der Waals surface area contributed by atoms with Gasteiger partial charge < -0.3 is 15.7 Å². The molecule has 0 atom stereocenters. The van der Waals surface area contributed by atoms with Crippen molar-refractivity contribution < 1.29 is 14.7 Å². The highest BCUT2D eigenvalue weighted by Gasteiger charge is 2.18. The standard InChI is InChI=1S/C12H18N4O3/c1-15(2)11(17)8-16(12(18)19)7-10-5-9(6-13)3-4-14-10/h3-5H,6-8,13H2,1-2H3,(H,18,19). The van der Waals surface area contributed by atoms with Crippen molar-refractivity contribution in [1.82, 2.24) is 14.8 Å². The van der Waals surface area contributed by atoms with E-state index in [0.717, 1.165) is 10.5 Å². The zero-order valence-corrected chi connectivity index (χ0v) is 11.0. The molecule has 0 unspecified atom stereocenters. The molecule has 0 aliphatic rings. The molecule has 1 heterocycles. The van der Waals surface area contributed by atoms with Gasteiger partial charge in [0.1, 0.15) is 6.54 Å². The van der Waals surface area contributed by atoms with Gasteiger partial charge in [0.25, 0.3) is 0 Å². The smallest absolute Gasteiger partial charge is 0.408 e. The van der Waals surface area contributed by atoms with E-state index >= 15 is 0 Å². The summed E-state index contributed by atoms with van der Waals surface area (Å²) in [4.78, 5) is 29.1. The second kappa shape index (κ2) is 6.69. The maximum absolute atomic E-state index is 11.6. The number of rotatable bonds is 5. The summed E-state index contributed by atoms with van der Waals surface area (Å²) < 4.78 is 0. The van der Waals surface area contributed by atoms with Crippen LogP contribution >= 0.6 is 0 Å². The highest BCUT2D eigenvalue weighted by molar-refractivity contribution is 5.81. The summed E-state index contributed by atoms with van der Waals surface area (Å²) in [7, 11) is 3.16. The predicted molar refractivity (Wildman–Crippen MR) is 69.3 cm³/mol. The van der Waals surface area contributed by atoms with Crippen LogP contribution in [0.3, 0.4) is 0 Å². The van der Waals surface area contributed by atoms with E-state index in [4.69, 9.17) is 10.8 Å². The van der Waals surface area contributed by atoms with Crippen molar-refractivity contribution in [3.63, 3.8) is 0 Å². The number of likely N-dealkylation sites (N-methyl/N-ethyl adjacent to an activating group) is 1. The van der Waals surface area contributed by atoms with Crippen LogP contribution < -0.4 is 5.73 Å². The SMILES string of the molecule is CN(C)C(=O)CN(Cc1cc(CN)ccn1)C(=O)O. The van der Waals surface area contributed by atoms with Crippen molar-refractivity contribution in [2.24, 2.45) is 5.73 Å². The summed E-state index contributed by atoms with van der Waals surface area (Å²) in [5.74, 6) is -0.280. The summed E-state index contributed by atoms with van der Waals surface area (Å²) in [5.41, 5.74) is 6.95. The Bertz CT molecular complexity index is 462. The lowest BCUT2D eigenvalue weighted by Gasteiger charge is -2.20. The summed E-state index contributed by atoms with van der Waals surface area (Å²) in [6.07, 6.45) is 0.417. The third kappa shape index (κ3) is 4.55. The Morgan fingerprint density at radius 2 is 2.11 bits per heavy atom. The van der Waals surface area contributed by atoms with E-state index < -0.39 is 6.09 Å². The molecule has 3 N–H and O–H groups in total. The minimum absolute atomic E-state index is 0.0583. The van der Waals surface area contributed by atoms with E-state index in [-0.39, 0.29) is 19.0 Å². The highest BCUT2D eigenvalue weighted by atomic mass is 16.4. The van der Waals surface area contributed by atoms with Gasteiger partial charge in [-0.3, -0.25) is 14.7 Å². The first-order chi connectivity index (χ1) is 8.93. The first-order valence-electron chi connectivity index (χ1n) is 5.76. The summed E-state index contributed by atoms with van der Waals surface area (Å²) >= 11 is 0. The topological polar surface area (TPSA) is 99.8 Å². The van der Waals surface area contributed by atoms with Gasteiger partial charge in [-0.2, -0.15) is 0 Å². The molecule has 1 aromatic rings. The van der Waals surface area contributed by atoms with Gasteiger partial charge in [-0.25, -0.2) is 4.79 Å². The third-order valence-electron chi connectivity index (χ3n) is 2.56. The minimum atomic E-state index is -1.16. The quantitative estimate of drug-likeness (QED) is 0.787. The van der Waals surface area contributed by atoms with E-state index in [1.54, 1.807) is 32.4 Å². The number of carbonyl (C=O) groups excluding carboxylic acids is 1. The first kappa shape index (κ1) is 14.9. The van der Waals surface area contributed by atoms with Crippen LogP contribution in [0, 0.1) is 0 Å². The fourth-order valence-corrected chi connectivity index (χ4v) is 1.43. The van der Waals surface area contributed by atoms with E-state index in [0.29, 0.717) is 12.2 Å². The number of nitrogens with zero attached hydrogens (tertiary/aromatic N) is 3. The Kier molecular flexibility index (Phi) is 5.25. The molecule has 0 bridgehead atoms. The second-order valence-electron chi connectivity index (χ2n) is 4.29. The van der Waals surface area contributed by atoms with Crippen LogP contribution in [0.15, 0.2) is 18.3 Å². The zero-order valence-electron chi connectivity index (χ0n) is 11.0. The van der Waals surface area contributed by atoms with Crippen LogP contribution in [0.2, 0.25) is 0 Å². The molecule has 0 aromatic carbocycles. The van der Waals surface area contributed by atoms with Gasteiger partial charge in [-0.1, -0.05) is 0 Å². The second-order valence-corrected chi connectivity index (χ2v) is 4.29. The number of amides is 2. The summed E-state index contributed by atoms with van der Waals surface area (Å²) in [6.45, 7) is 0.221. The maximum atomic E-state index is 11.6. The molecule has 0 fully saturated rings. The molecule has 1 rings (SSSR count). The van der Waals surface area contributed by atoms with Crippen molar-refractivity contribution in [3.05, 3.63) is 29.6 Å². The molecule has 0 radical (unpaired) electrons. The molecular weight excluding hydrogens is 248 g/mol. The fourth-order valence-electron chi connectivity index (χ4n) is 1.43. The first-order valence-corrected chi connectivity index (χ1v) is 5.76. The van der Waals surface area contributed by atoms with E-state index in [1.165, 1.54) is 4.90 Å². The molecule has 0 aliphatic carbocycles. The molecule has 7 nitrogen and oxygen atoms in total. The monoisotopic (exact) mass is 266 g/mol. The van der Waals surface area contributed by atoms with Crippen molar-refractivity contribution >= 4 is 12.0 Å². The van der Waals surface area contributed by atoms with Crippen molar-refractivity contribution in [2.45, 2.75) is 13.1 Å². The number of carboxylic acid groups (broad SMARTS) is 1. The average Bonchev–Trinajstić information content (AvgIpc) is 2.37. The third-order valence-corrected chi connectivity index (χ3v) is 2.56. The maximum Gasteiger partial charge on any atom is 0.408 e. The highest BCUT2D eigenvalue weighted by Crippen LogP contribution is 2.05. The average molecular weight is 266 g/mol. The number of hydrogen-bond donors (Lipinski definition) is 2. The van der Waals surface area contributed by atoms with Gasteiger partial charge in [0.2, 0.25) is 5.91 Å². The number of pyridine rings is 1. The van der Waals surface area contributed by atoms with E-state index in [9.17, 15) is 9.59 Å². The lowest BCUT2D eigenvalue weighted by Crippen LogP contribution is -2.39. The predicted octanol–water partition coefficient (Wildman–Crippen LogP) is 0.109. The molecule has 0 saturated carbocycles. The number of nitrogens with two attached hydrogens (primary N) is 1. The van der Waals surface area contributed by atoms with Gasteiger partial charge >= 0.3 is 6.09 Å². The van der Waals surface area contributed by atoms with Crippen LogP contribution in [0.5, 0.6) is 0 Å². The lowest BCUT2D eigenvalue weighted by molar-refractivity contribution is -0.129.